The number of carbonyl (C=O) groups is 1. The smallest absolute Gasteiger partial charge is 0.266 e. The first kappa shape index (κ1) is 20.8. The van der Waals surface area contributed by atoms with E-state index >= 15 is 0 Å². The molecule has 0 bridgehead atoms. The normalized spacial score (nSPS) is 18.6. The zero-order valence-corrected chi connectivity index (χ0v) is 17.3. The van der Waals surface area contributed by atoms with E-state index in [9.17, 15) is 13.6 Å². The van der Waals surface area contributed by atoms with Gasteiger partial charge in [0.2, 0.25) is 0 Å². The van der Waals surface area contributed by atoms with Gasteiger partial charge in [-0.1, -0.05) is 11.6 Å². The molecule has 0 saturated heterocycles. The molecule has 3 heterocycles. The molecule has 7 nitrogen and oxygen atoms in total. The van der Waals surface area contributed by atoms with E-state index in [1.54, 1.807) is 37.5 Å². The third-order valence-electron chi connectivity index (χ3n) is 5.10. The number of hydrogen-bond donors (Lipinski definition) is 1. The highest BCUT2D eigenvalue weighted by Gasteiger charge is 2.50. The van der Waals surface area contributed by atoms with Gasteiger partial charge in [0.25, 0.3) is 12.3 Å². The van der Waals surface area contributed by atoms with Crippen molar-refractivity contribution in [1.29, 1.82) is 0 Å². The summed E-state index contributed by atoms with van der Waals surface area (Å²) in [4.78, 5) is 31.2. The second-order valence-electron chi connectivity index (χ2n) is 7.10. The average Bonchev–Trinajstić information content (AvgIpc) is 2.99. The largest absolute Gasteiger partial charge is 0.369 e. The number of aliphatic imine (C=N–C) groups is 1. The Morgan fingerprint density at radius 1 is 1.03 bits per heavy atom. The lowest BCUT2D eigenvalue weighted by Gasteiger charge is -2.27. The number of nitrogens with two attached hydrogens (primary N) is 1. The van der Waals surface area contributed by atoms with Crippen molar-refractivity contribution in [2.24, 2.45) is 10.7 Å². The molecule has 0 spiro atoms. The first-order chi connectivity index (χ1) is 14.7. The highest BCUT2D eigenvalue weighted by atomic mass is 35.5. The van der Waals surface area contributed by atoms with Crippen molar-refractivity contribution < 1.29 is 13.6 Å². The van der Waals surface area contributed by atoms with Crippen molar-refractivity contribution in [3.63, 3.8) is 0 Å². The maximum Gasteiger partial charge on any atom is 0.266 e. The van der Waals surface area contributed by atoms with E-state index in [2.05, 4.69) is 19.9 Å². The van der Waals surface area contributed by atoms with Gasteiger partial charge in [0.15, 0.2) is 11.5 Å². The molecule has 0 saturated carbocycles. The topological polar surface area (TPSA) is 97.4 Å². The van der Waals surface area contributed by atoms with Crippen LogP contribution in [-0.4, -0.2) is 38.8 Å². The molecular formula is C21H17ClF2N6O. The van der Waals surface area contributed by atoms with Crippen LogP contribution >= 0.6 is 11.6 Å². The Hall–Kier alpha value is -3.46. The van der Waals surface area contributed by atoms with Crippen LogP contribution in [0.3, 0.4) is 0 Å². The molecule has 0 fully saturated rings. The zero-order valence-electron chi connectivity index (χ0n) is 16.6. The predicted octanol–water partition coefficient (Wildman–Crippen LogP) is 3.47. The van der Waals surface area contributed by atoms with Crippen LogP contribution in [0.1, 0.15) is 28.9 Å². The van der Waals surface area contributed by atoms with Crippen molar-refractivity contribution in [3.8, 4) is 11.1 Å². The Morgan fingerprint density at radius 3 is 2.35 bits per heavy atom. The lowest BCUT2D eigenvalue weighted by Crippen LogP contribution is -2.41. The summed E-state index contributed by atoms with van der Waals surface area (Å²) in [5, 5.41) is 0.321. The van der Waals surface area contributed by atoms with Crippen molar-refractivity contribution in [1.82, 2.24) is 19.9 Å². The summed E-state index contributed by atoms with van der Waals surface area (Å²) in [6.07, 6.45) is 2.87. The fraction of sp³-hybridized carbons (Fsp3) is 0.190. The van der Waals surface area contributed by atoms with Crippen molar-refractivity contribution in [2.75, 3.05) is 7.05 Å². The molecule has 1 atom stereocenters. The van der Waals surface area contributed by atoms with Crippen LogP contribution in [0.5, 0.6) is 0 Å². The Balaban J connectivity index is 1.97. The Morgan fingerprint density at radius 2 is 1.74 bits per heavy atom. The van der Waals surface area contributed by atoms with Gasteiger partial charge in [0.05, 0.1) is 0 Å². The fourth-order valence-corrected chi connectivity index (χ4v) is 3.70. The molecule has 1 aromatic carbocycles. The van der Waals surface area contributed by atoms with Gasteiger partial charge in [0.1, 0.15) is 5.82 Å². The van der Waals surface area contributed by atoms with Crippen molar-refractivity contribution in [2.45, 2.75) is 18.9 Å². The second-order valence-corrected chi connectivity index (χ2v) is 7.54. The molecule has 31 heavy (non-hydrogen) atoms. The van der Waals surface area contributed by atoms with Crippen LogP contribution in [-0.2, 0) is 10.3 Å². The minimum atomic E-state index is -2.76. The van der Waals surface area contributed by atoms with Gasteiger partial charge < -0.3 is 5.73 Å². The maximum atomic E-state index is 13.4. The monoisotopic (exact) mass is 442 g/mol. The van der Waals surface area contributed by atoms with Crippen LogP contribution in [0.2, 0.25) is 5.02 Å². The lowest BCUT2D eigenvalue weighted by molar-refractivity contribution is -0.129. The molecule has 1 amide bonds. The van der Waals surface area contributed by atoms with Crippen molar-refractivity contribution in [3.05, 3.63) is 76.6 Å². The van der Waals surface area contributed by atoms with Crippen LogP contribution < -0.4 is 5.73 Å². The van der Waals surface area contributed by atoms with Gasteiger partial charge in [-0.3, -0.25) is 14.7 Å². The first-order valence-electron chi connectivity index (χ1n) is 9.19. The predicted molar refractivity (Wildman–Crippen MR) is 112 cm³/mol. The Labute approximate surface area is 181 Å². The number of rotatable bonds is 4. The highest BCUT2D eigenvalue weighted by molar-refractivity contribution is 6.31. The highest BCUT2D eigenvalue weighted by Crippen LogP contribution is 2.42. The minimum Gasteiger partial charge on any atom is -0.369 e. The summed E-state index contributed by atoms with van der Waals surface area (Å²) in [6, 6.07) is 6.16. The number of halogens is 3. The molecular weight excluding hydrogens is 426 g/mol. The first-order valence-corrected chi connectivity index (χ1v) is 9.57. The van der Waals surface area contributed by atoms with Gasteiger partial charge in [0, 0.05) is 53.5 Å². The fourth-order valence-electron chi connectivity index (χ4n) is 3.47. The number of nitrogens with zero attached hydrogens (tertiary/aromatic N) is 5. The van der Waals surface area contributed by atoms with E-state index in [1.165, 1.54) is 24.2 Å². The van der Waals surface area contributed by atoms with Crippen molar-refractivity contribution >= 4 is 23.5 Å². The van der Waals surface area contributed by atoms with E-state index < -0.39 is 17.9 Å². The molecule has 3 aromatic rings. The third kappa shape index (κ3) is 3.50. The third-order valence-corrected chi connectivity index (χ3v) is 5.32. The molecule has 2 N–H and O–H groups in total. The molecule has 2 aromatic heterocycles. The van der Waals surface area contributed by atoms with E-state index in [0.717, 1.165) is 6.20 Å². The number of benzene rings is 1. The van der Waals surface area contributed by atoms with Gasteiger partial charge in [-0.15, -0.1) is 0 Å². The molecule has 4 rings (SSSR count). The summed E-state index contributed by atoms with van der Waals surface area (Å²) in [5.74, 6) is 0.0431. The van der Waals surface area contributed by atoms with Gasteiger partial charge in [-0.2, -0.15) is 0 Å². The molecule has 10 heteroatoms. The number of hydrogen-bond acceptors (Lipinski definition) is 6. The maximum absolute atomic E-state index is 13.4. The SMILES string of the molecule is Cc1ncc(-c2cc(Cl)cc(C3(c4cncc(C(F)F)c4)N=C(N)N(C)C3=O)c2)cn1. The van der Waals surface area contributed by atoms with Crippen LogP contribution in [0.25, 0.3) is 11.1 Å². The number of aryl methyl sites for hydroxylation is 1. The van der Waals surface area contributed by atoms with Crippen LogP contribution in [0.4, 0.5) is 8.78 Å². The summed E-state index contributed by atoms with van der Waals surface area (Å²) in [7, 11) is 1.46. The van der Waals surface area contributed by atoms with Gasteiger partial charge >= 0.3 is 0 Å². The van der Waals surface area contributed by atoms with E-state index in [0.29, 0.717) is 27.5 Å². The molecule has 0 aliphatic carbocycles. The summed E-state index contributed by atoms with van der Waals surface area (Å²) in [6.45, 7) is 1.76. The Bertz CT molecular complexity index is 1200. The summed E-state index contributed by atoms with van der Waals surface area (Å²) in [5.41, 5.74) is 5.74. The average molecular weight is 443 g/mol. The number of guanidine groups is 1. The number of alkyl halides is 2. The number of likely N-dealkylation sites (N-methyl/N-ethyl adjacent to an activating group) is 1. The molecule has 1 aliphatic rings. The number of aromatic nitrogens is 3. The molecule has 158 valence electrons. The summed E-state index contributed by atoms with van der Waals surface area (Å²) >= 11 is 6.38. The van der Waals surface area contributed by atoms with Gasteiger partial charge in [-0.05, 0) is 42.3 Å². The molecule has 1 aliphatic heterocycles. The minimum absolute atomic E-state index is 0.0485. The summed E-state index contributed by atoms with van der Waals surface area (Å²) < 4.78 is 26.7. The number of carbonyl (C=O) groups excluding carboxylic acids is 1. The Kier molecular flexibility index (Phi) is 5.14. The molecule has 0 radical (unpaired) electrons. The number of amides is 1. The zero-order chi connectivity index (χ0) is 22.3. The quantitative estimate of drug-likeness (QED) is 0.667. The van der Waals surface area contributed by atoms with Gasteiger partial charge in [-0.25, -0.2) is 23.7 Å². The standard InChI is InChI=1S/C21H17ClF2N6O/c1-11-27-8-14(9-28-11)12-3-15(6-17(22)5-12)21(19(31)30(2)20(25)29-21)16-4-13(18(23)24)7-26-10-16/h3-10,18H,1-2H3,(H2,25,29). The van der Waals surface area contributed by atoms with E-state index in [4.69, 9.17) is 17.3 Å². The van der Waals surface area contributed by atoms with Crippen LogP contribution in [0, 0.1) is 6.92 Å². The van der Waals surface area contributed by atoms with E-state index in [-0.39, 0.29) is 17.1 Å². The molecule has 1 unspecified atom stereocenters. The van der Waals surface area contributed by atoms with Crippen LogP contribution in [0.15, 0.2) is 54.0 Å². The second kappa shape index (κ2) is 7.66. The lowest BCUT2D eigenvalue weighted by atomic mass is 9.82. The number of pyridine rings is 1. The van der Waals surface area contributed by atoms with E-state index in [1.807, 2.05) is 0 Å².